The van der Waals surface area contributed by atoms with Gasteiger partial charge in [-0.25, -0.2) is 0 Å². The summed E-state index contributed by atoms with van der Waals surface area (Å²) in [5.74, 6) is -0.441. The normalized spacial score (nSPS) is 10.4. The van der Waals surface area contributed by atoms with Crippen LogP contribution in [-0.2, 0) is 6.54 Å². The molecule has 2 heterocycles. The number of nitrogens with zero attached hydrogens (tertiary/aromatic N) is 2. The summed E-state index contributed by atoms with van der Waals surface area (Å²) in [4.78, 5) is 33.2. The highest BCUT2D eigenvalue weighted by atomic mass is 16.6. The Morgan fingerprint density at radius 3 is 2.70 bits per heavy atom. The molecular weight excluding hydrogens is 268 g/mol. The van der Waals surface area contributed by atoms with E-state index < -0.39 is 21.7 Å². The van der Waals surface area contributed by atoms with Crippen LogP contribution in [-0.4, -0.2) is 14.6 Å². The Balaban J connectivity index is 2.45. The lowest BCUT2D eigenvalue weighted by molar-refractivity contribution is -0.385. The minimum atomic E-state index is -0.652. The van der Waals surface area contributed by atoms with Crippen molar-refractivity contribution < 1.29 is 14.4 Å². The van der Waals surface area contributed by atoms with E-state index in [1.54, 1.807) is 0 Å². The maximum Gasteiger partial charge on any atom is 0.288 e. The average molecular weight is 278 g/mol. The Bertz CT molecular complexity index is 789. The zero-order chi connectivity index (χ0) is 14.9. The number of aromatic nitrogens is 1. The van der Waals surface area contributed by atoms with Gasteiger partial charge in [-0.15, -0.1) is 0 Å². The first kappa shape index (κ1) is 13.5. The van der Waals surface area contributed by atoms with Crippen LogP contribution in [0, 0.1) is 17.0 Å². The van der Waals surface area contributed by atoms with Crippen LogP contribution >= 0.6 is 0 Å². The van der Waals surface area contributed by atoms with Crippen molar-refractivity contribution in [2.75, 3.05) is 0 Å². The second-order valence-electron chi connectivity index (χ2n) is 4.16. The van der Waals surface area contributed by atoms with E-state index in [9.17, 15) is 19.7 Å². The lowest BCUT2D eigenvalue weighted by Crippen LogP contribution is -2.21. The van der Waals surface area contributed by atoms with Crippen molar-refractivity contribution in [1.82, 2.24) is 4.57 Å². The lowest BCUT2D eigenvalue weighted by atomic mass is 10.2. The summed E-state index contributed by atoms with van der Waals surface area (Å²) in [7, 11) is 0. The third kappa shape index (κ3) is 2.58. The highest BCUT2D eigenvalue weighted by Crippen LogP contribution is 2.15. The van der Waals surface area contributed by atoms with Crippen molar-refractivity contribution >= 4 is 5.69 Å². The molecule has 0 saturated carbocycles. The fourth-order valence-electron chi connectivity index (χ4n) is 1.66. The molecule has 0 atom stereocenters. The molecule has 8 nitrogen and oxygen atoms in total. The first-order valence-electron chi connectivity index (χ1n) is 5.54. The molecule has 2 aromatic rings. The summed E-state index contributed by atoms with van der Waals surface area (Å²) in [5, 5.41) is 19.9. The predicted molar refractivity (Wildman–Crippen MR) is 67.8 cm³/mol. The first-order valence-corrected chi connectivity index (χ1v) is 5.54. The van der Waals surface area contributed by atoms with Crippen LogP contribution in [0.25, 0.3) is 0 Å². The Morgan fingerprint density at radius 2 is 2.10 bits per heavy atom. The first-order chi connectivity index (χ1) is 9.38. The third-order valence-corrected chi connectivity index (χ3v) is 2.69. The van der Waals surface area contributed by atoms with Crippen molar-refractivity contribution in [3.63, 3.8) is 0 Å². The van der Waals surface area contributed by atoms with E-state index in [0.29, 0.717) is 0 Å². The second-order valence-corrected chi connectivity index (χ2v) is 4.16. The molecule has 104 valence electrons. The fourth-order valence-corrected chi connectivity index (χ4v) is 1.66. The summed E-state index contributed by atoms with van der Waals surface area (Å²) in [6.45, 7) is 1.32. The van der Waals surface area contributed by atoms with E-state index in [4.69, 9.17) is 9.52 Å². The van der Waals surface area contributed by atoms with Gasteiger partial charge in [0, 0.05) is 17.7 Å². The van der Waals surface area contributed by atoms with E-state index in [1.807, 2.05) is 0 Å². The van der Waals surface area contributed by atoms with Gasteiger partial charge in [0.15, 0.2) is 5.75 Å². The number of nitro groups is 1. The molecule has 0 unspecified atom stereocenters. The molecule has 0 fully saturated rings. The van der Waals surface area contributed by atoms with Crippen LogP contribution in [0.3, 0.4) is 0 Å². The van der Waals surface area contributed by atoms with Crippen LogP contribution in [0.2, 0.25) is 0 Å². The van der Waals surface area contributed by atoms with Gasteiger partial charge in [0.2, 0.25) is 5.43 Å². The number of rotatable bonds is 3. The van der Waals surface area contributed by atoms with Crippen molar-refractivity contribution in [2.45, 2.75) is 13.5 Å². The summed E-state index contributed by atoms with van der Waals surface area (Å²) in [6.07, 6.45) is 1.94. The Labute approximate surface area is 111 Å². The zero-order valence-corrected chi connectivity index (χ0v) is 10.4. The predicted octanol–water partition coefficient (Wildman–Crippen LogP) is 0.772. The smallest absolute Gasteiger partial charge is 0.288 e. The lowest BCUT2D eigenvalue weighted by Gasteiger charge is -2.06. The highest BCUT2D eigenvalue weighted by Gasteiger charge is 2.14. The third-order valence-electron chi connectivity index (χ3n) is 2.69. The van der Waals surface area contributed by atoms with Crippen molar-refractivity contribution in [3.05, 3.63) is 66.6 Å². The molecule has 0 aliphatic heterocycles. The van der Waals surface area contributed by atoms with Gasteiger partial charge in [-0.05, 0) is 6.92 Å². The minimum Gasteiger partial charge on any atom is -0.502 e. The van der Waals surface area contributed by atoms with Gasteiger partial charge >= 0.3 is 0 Å². The van der Waals surface area contributed by atoms with Gasteiger partial charge in [0.25, 0.3) is 11.2 Å². The molecule has 1 N–H and O–H groups in total. The molecule has 8 heteroatoms. The number of aromatic hydroxyl groups is 1. The zero-order valence-electron chi connectivity index (χ0n) is 10.4. The topological polar surface area (TPSA) is 116 Å². The van der Waals surface area contributed by atoms with Crippen LogP contribution in [0.4, 0.5) is 5.69 Å². The van der Waals surface area contributed by atoms with Gasteiger partial charge in [0.1, 0.15) is 12.0 Å². The quantitative estimate of drug-likeness (QED) is 0.655. The Kier molecular flexibility index (Phi) is 3.38. The van der Waals surface area contributed by atoms with Crippen LogP contribution in [0.5, 0.6) is 5.75 Å². The second kappa shape index (κ2) is 5.00. The molecule has 0 amide bonds. The minimum absolute atomic E-state index is 0.105. The van der Waals surface area contributed by atoms with Crippen LogP contribution in [0.1, 0.15) is 11.3 Å². The Hall–Kier alpha value is -2.90. The molecule has 0 aliphatic rings. The number of pyridine rings is 1. The van der Waals surface area contributed by atoms with Crippen LogP contribution in [0.15, 0.2) is 38.6 Å². The van der Waals surface area contributed by atoms with Gasteiger partial charge < -0.3 is 14.1 Å². The molecule has 2 rings (SSSR count). The molecule has 20 heavy (non-hydrogen) atoms. The average Bonchev–Trinajstić information content (AvgIpc) is 2.36. The van der Waals surface area contributed by atoms with E-state index in [2.05, 4.69) is 0 Å². The van der Waals surface area contributed by atoms with Crippen molar-refractivity contribution in [1.29, 1.82) is 0 Å². The number of aryl methyl sites for hydroxylation is 1. The van der Waals surface area contributed by atoms with Gasteiger partial charge in [0.05, 0.1) is 17.7 Å². The Morgan fingerprint density at radius 1 is 1.40 bits per heavy atom. The molecule has 2 aromatic heterocycles. The largest absolute Gasteiger partial charge is 0.502 e. The maximum atomic E-state index is 11.7. The summed E-state index contributed by atoms with van der Waals surface area (Å²) in [5.41, 5.74) is -1.06. The monoisotopic (exact) mass is 278 g/mol. The van der Waals surface area contributed by atoms with Gasteiger partial charge in [-0.1, -0.05) is 0 Å². The fraction of sp³-hybridized carbons (Fsp3) is 0.167. The van der Waals surface area contributed by atoms with E-state index in [0.717, 1.165) is 29.2 Å². The summed E-state index contributed by atoms with van der Waals surface area (Å²) < 4.78 is 6.00. The summed E-state index contributed by atoms with van der Waals surface area (Å²) >= 11 is 0. The molecule has 0 saturated heterocycles. The van der Waals surface area contributed by atoms with E-state index in [-0.39, 0.29) is 23.6 Å². The highest BCUT2D eigenvalue weighted by molar-refractivity contribution is 5.36. The van der Waals surface area contributed by atoms with Crippen molar-refractivity contribution in [3.8, 4) is 5.75 Å². The molecular formula is C12H10N2O6. The summed E-state index contributed by atoms with van der Waals surface area (Å²) in [6, 6.07) is 2.16. The molecule has 0 bridgehead atoms. The molecule has 0 aromatic carbocycles. The molecule has 0 spiro atoms. The molecule has 0 aliphatic carbocycles. The van der Waals surface area contributed by atoms with Gasteiger partial charge in [-0.2, -0.15) is 0 Å². The van der Waals surface area contributed by atoms with E-state index >= 15 is 0 Å². The molecule has 0 radical (unpaired) electrons. The number of hydrogen-bond donors (Lipinski definition) is 1. The van der Waals surface area contributed by atoms with Gasteiger partial charge in [-0.3, -0.25) is 19.7 Å². The number of hydrogen-bond acceptors (Lipinski definition) is 6. The SMILES string of the molecule is Cc1cc(=O)n(Cc2cc(=O)c(O)co2)cc1[N+](=O)[O-]. The standard InChI is InChI=1S/C12H10N2O6/c1-7-2-12(17)13(5-9(7)14(18)19)4-8-3-10(15)11(16)6-20-8/h2-3,5-6,16H,4H2,1H3. The maximum absolute atomic E-state index is 11.7. The van der Waals surface area contributed by atoms with Crippen LogP contribution < -0.4 is 11.0 Å². The van der Waals surface area contributed by atoms with Crippen molar-refractivity contribution in [2.24, 2.45) is 0 Å². The van der Waals surface area contributed by atoms with E-state index in [1.165, 1.54) is 6.92 Å².